The summed E-state index contributed by atoms with van der Waals surface area (Å²) in [5, 5.41) is 11.9. The number of fused-ring (bicyclic) bond motifs is 1. The molecule has 8 nitrogen and oxygen atoms in total. The Labute approximate surface area is 147 Å². The van der Waals surface area contributed by atoms with E-state index < -0.39 is 5.63 Å². The van der Waals surface area contributed by atoms with E-state index in [2.05, 4.69) is 15.5 Å². The van der Waals surface area contributed by atoms with E-state index in [9.17, 15) is 4.79 Å². The molecule has 130 valence electrons. The number of tetrazole rings is 1. The van der Waals surface area contributed by atoms with Gasteiger partial charge in [-0.25, -0.2) is 9.48 Å². The molecule has 2 heterocycles. The lowest BCUT2D eigenvalue weighted by atomic mass is 10.1. The Hall–Kier alpha value is -3.68. The van der Waals surface area contributed by atoms with Crippen molar-refractivity contribution in [1.29, 1.82) is 0 Å². The van der Waals surface area contributed by atoms with Crippen molar-refractivity contribution in [1.82, 2.24) is 20.2 Å². The molecule has 8 heteroatoms. The van der Waals surface area contributed by atoms with Crippen LogP contribution in [-0.4, -0.2) is 27.3 Å². The molecule has 4 rings (SSSR count). The molecule has 0 saturated heterocycles. The third-order valence-electron chi connectivity index (χ3n) is 3.86. The number of methoxy groups -OCH3 is 1. The normalized spacial score (nSPS) is 10.8. The molecule has 2 aromatic carbocycles. The second-order valence-electron chi connectivity index (χ2n) is 5.49. The SMILES string of the molecule is COc1ccc2c(COc3cccc(-n4cnnn4)c3)cc(=O)oc2c1. The summed E-state index contributed by atoms with van der Waals surface area (Å²) in [6.45, 7) is 0.216. The zero-order chi connectivity index (χ0) is 17.9. The minimum atomic E-state index is -0.438. The smallest absolute Gasteiger partial charge is 0.336 e. The van der Waals surface area contributed by atoms with E-state index in [0.717, 1.165) is 16.6 Å². The molecule has 2 aromatic heterocycles. The fourth-order valence-corrected chi connectivity index (χ4v) is 2.61. The summed E-state index contributed by atoms with van der Waals surface area (Å²) in [6.07, 6.45) is 1.50. The van der Waals surface area contributed by atoms with Crippen molar-refractivity contribution in [2.24, 2.45) is 0 Å². The predicted molar refractivity (Wildman–Crippen MR) is 92.5 cm³/mol. The third-order valence-corrected chi connectivity index (χ3v) is 3.86. The second kappa shape index (κ2) is 6.67. The van der Waals surface area contributed by atoms with Gasteiger partial charge in [-0.2, -0.15) is 0 Å². The summed E-state index contributed by atoms with van der Waals surface area (Å²) in [4.78, 5) is 11.8. The van der Waals surface area contributed by atoms with Gasteiger partial charge in [0, 0.05) is 29.1 Å². The summed E-state index contributed by atoms with van der Waals surface area (Å²) >= 11 is 0. The highest BCUT2D eigenvalue weighted by Gasteiger charge is 2.08. The standard InChI is InChI=1S/C18H14N4O4/c1-24-14-5-6-16-12(7-18(23)26-17(16)9-14)10-25-15-4-2-3-13(8-15)22-11-19-20-21-22/h2-9,11H,10H2,1H3. The zero-order valence-electron chi connectivity index (χ0n) is 13.8. The van der Waals surface area contributed by atoms with Crippen molar-refractivity contribution in [2.75, 3.05) is 7.11 Å². The Balaban J connectivity index is 1.62. The van der Waals surface area contributed by atoms with Gasteiger partial charge in [-0.15, -0.1) is 5.10 Å². The van der Waals surface area contributed by atoms with Gasteiger partial charge < -0.3 is 13.9 Å². The number of hydrogen-bond donors (Lipinski definition) is 0. The lowest BCUT2D eigenvalue weighted by Gasteiger charge is -2.10. The Morgan fingerprint density at radius 1 is 1.12 bits per heavy atom. The van der Waals surface area contributed by atoms with Crippen LogP contribution in [0.4, 0.5) is 0 Å². The lowest BCUT2D eigenvalue weighted by molar-refractivity contribution is 0.306. The highest BCUT2D eigenvalue weighted by atomic mass is 16.5. The number of nitrogens with zero attached hydrogens (tertiary/aromatic N) is 4. The molecule has 0 unspecified atom stereocenters. The minimum absolute atomic E-state index is 0.216. The van der Waals surface area contributed by atoms with E-state index in [1.54, 1.807) is 13.2 Å². The quantitative estimate of drug-likeness (QED) is 0.510. The van der Waals surface area contributed by atoms with E-state index >= 15 is 0 Å². The highest BCUT2D eigenvalue weighted by Crippen LogP contribution is 2.24. The molecular weight excluding hydrogens is 336 g/mol. The van der Waals surface area contributed by atoms with Gasteiger partial charge in [0.1, 0.15) is 30.0 Å². The maximum atomic E-state index is 11.8. The summed E-state index contributed by atoms with van der Waals surface area (Å²) in [6, 6.07) is 14.1. The summed E-state index contributed by atoms with van der Waals surface area (Å²) < 4.78 is 17.8. The average molecular weight is 350 g/mol. The van der Waals surface area contributed by atoms with Gasteiger partial charge in [-0.3, -0.25) is 0 Å². The maximum Gasteiger partial charge on any atom is 0.336 e. The molecule has 26 heavy (non-hydrogen) atoms. The molecule has 0 aliphatic rings. The van der Waals surface area contributed by atoms with E-state index in [0.29, 0.717) is 17.1 Å². The van der Waals surface area contributed by atoms with E-state index in [1.165, 1.54) is 17.1 Å². The topological polar surface area (TPSA) is 92.3 Å². The molecule has 0 atom stereocenters. The molecule has 4 aromatic rings. The first-order valence-corrected chi connectivity index (χ1v) is 7.80. The van der Waals surface area contributed by atoms with Gasteiger partial charge >= 0.3 is 5.63 Å². The van der Waals surface area contributed by atoms with Crippen molar-refractivity contribution in [3.63, 3.8) is 0 Å². The summed E-state index contributed by atoms with van der Waals surface area (Å²) in [7, 11) is 1.56. The lowest BCUT2D eigenvalue weighted by Crippen LogP contribution is -2.04. The van der Waals surface area contributed by atoms with Crippen molar-refractivity contribution >= 4 is 11.0 Å². The first-order valence-electron chi connectivity index (χ1n) is 7.80. The van der Waals surface area contributed by atoms with Crippen LogP contribution in [0.15, 0.2) is 64.1 Å². The fourth-order valence-electron chi connectivity index (χ4n) is 2.61. The van der Waals surface area contributed by atoms with Gasteiger partial charge in [0.15, 0.2) is 0 Å². The Morgan fingerprint density at radius 3 is 2.85 bits per heavy atom. The number of hydrogen-bond acceptors (Lipinski definition) is 7. The van der Waals surface area contributed by atoms with Crippen LogP contribution in [0.25, 0.3) is 16.7 Å². The molecule has 0 spiro atoms. The van der Waals surface area contributed by atoms with Crippen molar-refractivity contribution in [2.45, 2.75) is 6.61 Å². The van der Waals surface area contributed by atoms with Crippen molar-refractivity contribution < 1.29 is 13.9 Å². The maximum absolute atomic E-state index is 11.8. The molecule has 0 saturated carbocycles. The fraction of sp³-hybridized carbons (Fsp3) is 0.111. The molecule has 0 radical (unpaired) electrons. The van der Waals surface area contributed by atoms with Crippen LogP contribution >= 0.6 is 0 Å². The van der Waals surface area contributed by atoms with Gasteiger partial charge in [0.05, 0.1) is 12.8 Å². The second-order valence-corrected chi connectivity index (χ2v) is 5.49. The molecule has 0 bridgehead atoms. The summed E-state index contributed by atoms with van der Waals surface area (Å²) in [5.41, 5.74) is 1.52. The Morgan fingerprint density at radius 2 is 2.04 bits per heavy atom. The largest absolute Gasteiger partial charge is 0.497 e. The minimum Gasteiger partial charge on any atom is -0.497 e. The van der Waals surface area contributed by atoms with Crippen LogP contribution < -0.4 is 15.1 Å². The van der Waals surface area contributed by atoms with Gasteiger partial charge in [0.25, 0.3) is 0 Å². The van der Waals surface area contributed by atoms with E-state index in [4.69, 9.17) is 13.9 Å². The first-order chi connectivity index (χ1) is 12.7. The Kier molecular flexibility index (Phi) is 4.06. The average Bonchev–Trinajstić information content (AvgIpc) is 3.20. The van der Waals surface area contributed by atoms with Gasteiger partial charge in [-0.05, 0) is 34.7 Å². The molecule has 0 amide bonds. The predicted octanol–water partition coefficient (Wildman–Crippen LogP) is 2.36. The molecule has 0 N–H and O–H groups in total. The van der Waals surface area contributed by atoms with Crippen LogP contribution in [0.1, 0.15) is 5.56 Å². The van der Waals surface area contributed by atoms with Crippen LogP contribution in [0.3, 0.4) is 0 Å². The molecule has 0 aliphatic heterocycles. The Bertz CT molecular complexity index is 1110. The van der Waals surface area contributed by atoms with Gasteiger partial charge in [-0.1, -0.05) is 6.07 Å². The van der Waals surface area contributed by atoms with Crippen molar-refractivity contribution in [3.05, 3.63) is 70.8 Å². The molecule has 0 aliphatic carbocycles. The van der Waals surface area contributed by atoms with Crippen molar-refractivity contribution in [3.8, 4) is 17.2 Å². The first kappa shape index (κ1) is 15.8. The number of rotatable bonds is 5. The monoisotopic (exact) mass is 350 g/mol. The van der Waals surface area contributed by atoms with E-state index in [1.807, 2.05) is 36.4 Å². The molecular formula is C18H14N4O4. The van der Waals surface area contributed by atoms with E-state index in [-0.39, 0.29) is 6.61 Å². The van der Waals surface area contributed by atoms with Crippen LogP contribution in [0, 0.1) is 0 Å². The number of aromatic nitrogens is 4. The van der Waals surface area contributed by atoms with Crippen LogP contribution in [0.2, 0.25) is 0 Å². The van der Waals surface area contributed by atoms with Crippen LogP contribution in [-0.2, 0) is 6.61 Å². The number of ether oxygens (including phenoxy) is 2. The molecule has 0 fully saturated rings. The summed E-state index contributed by atoms with van der Waals surface area (Å²) in [5.74, 6) is 1.25. The third kappa shape index (κ3) is 3.12. The van der Waals surface area contributed by atoms with Crippen LogP contribution in [0.5, 0.6) is 11.5 Å². The number of benzene rings is 2. The highest BCUT2D eigenvalue weighted by molar-refractivity contribution is 5.81. The zero-order valence-corrected chi connectivity index (χ0v) is 13.8. The van der Waals surface area contributed by atoms with Gasteiger partial charge in [0.2, 0.25) is 0 Å².